The first kappa shape index (κ1) is 17.0. The minimum absolute atomic E-state index is 0.0846. The van der Waals surface area contributed by atoms with Crippen LogP contribution < -0.4 is 10.5 Å². The van der Waals surface area contributed by atoms with E-state index in [9.17, 15) is 8.42 Å². The smallest absolute Gasteiger partial charge is 0.241 e. The Kier molecular flexibility index (Phi) is 4.69. The molecule has 0 radical (unpaired) electrons. The van der Waals surface area contributed by atoms with Crippen LogP contribution in [-0.4, -0.2) is 8.42 Å². The topological polar surface area (TPSA) is 72.2 Å². The summed E-state index contributed by atoms with van der Waals surface area (Å²) in [5.74, 6) is 0. The summed E-state index contributed by atoms with van der Waals surface area (Å²) in [5.41, 5.74) is 7.13. The van der Waals surface area contributed by atoms with E-state index in [1.54, 1.807) is 54.6 Å². The van der Waals surface area contributed by atoms with Gasteiger partial charge in [0.15, 0.2) is 0 Å². The molecule has 0 aliphatic rings. The molecule has 3 aromatic carbocycles. The van der Waals surface area contributed by atoms with Crippen LogP contribution in [0.15, 0.2) is 59.5 Å². The Morgan fingerprint density at radius 3 is 2.25 bits per heavy atom. The van der Waals surface area contributed by atoms with Gasteiger partial charge in [0.1, 0.15) is 0 Å². The van der Waals surface area contributed by atoms with Crippen molar-refractivity contribution in [2.45, 2.75) is 11.4 Å². The first-order valence-corrected chi connectivity index (χ1v) is 9.32. The quantitative estimate of drug-likeness (QED) is 0.665. The Morgan fingerprint density at radius 1 is 0.917 bits per heavy atom. The summed E-state index contributed by atoms with van der Waals surface area (Å²) in [7, 11) is -3.72. The molecule has 0 saturated carbocycles. The maximum Gasteiger partial charge on any atom is 0.241 e. The summed E-state index contributed by atoms with van der Waals surface area (Å²) >= 11 is 11.9. The molecule has 0 spiro atoms. The molecule has 0 aliphatic heterocycles. The van der Waals surface area contributed by atoms with Crippen LogP contribution in [0.2, 0.25) is 10.0 Å². The molecular weight excluding hydrogens is 367 g/mol. The van der Waals surface area contributed by atoms with Crippen molar-refractivity contribution in [3.05, 3.63) is 70.2 Å². The predicted molar refractivity (Wildman–Crippen MR) is 98.8 cm³/mol. The van der Waals surface area contributed by atoms with Crippen LogP contribution in [0.1, 0.15) is 5.56 Å². The average Bonchev–Trinajstić information content (AvgIpc) is 2.52. The lowest BCUT2D eigenvalue weighted by Gasteiger charge is -2.11. The fraction of sp³-hybridized carbons (Fsp3) is 0.0588. The van der Waals surface area contributed by atoms with Gasteiger partial charge in [-0.05, 0) is 35.9 Å². The molecule has 0 aromatic heterocycles. The molecule has 0 heterocycles. The maximum absolute atomic E-state index is 12.7. The Labute approximate surface area is 150 Å². The van der Waals surface area contributed by atoms with Gasteiger partial charge in [-0.25, -0.2) is 13.1 Å². The number of benzene rings is 3. The van der Waals surface area contributed by atoms with Crippen LogP contribution in [0.5, 0.6) is 0 Å². The third-order valence-corrected chi connectivity index (χ3v) is 5.49. The number of hydrogen-bond acceptors (Lipinski definition) is 3. The number of anilines is 1. The third kappa shape index (κ3) is 3.49. The highest BCUT2D eigenvalue weighted by Crippen LogP contribution is 2.27. The van der Waals surface area contributed by atoms with Crippen molar-refractivity contribution in [3.63, 3.8) is 0 Å². The molecule has 0 unspecified atom stereocenters. The number of fused-ring (bicyclic) bond motifs is 1. The lowest BCUT2D eigenvalue weighted by atomic mass is 10.1. The van der Waals surface area contributed by atoms with Crippen LogP contribution in [0, 0.1) is 0 Å². The molecule has 124 valence electrons. The lowest BCUT2D eigenvalue weighted by molar-refractivity contribution is 0.582. The van der Waals surface area contributed by atoms with Crippen molar-refractivity contribution in [1.29, 1.82) is 0 Å². The number of nitrogens with two attached hydrogens (primary N) is 1. The van der Waals surface area contributed by atoms with Gasteiger partial charge < -0.3 is 5.73 Å². The number of hydrogen-bond donors (Lipinski definition) is 2. The second kappa shape index (κ2) is 6.61. The fourth-order valence-electron chi connectivity index (χ4n) is 2.51. The van der Waals surface area contributed by atoms with Crippen LogP contribution in [0.25, 0.3) is 10.8 Å². The molecule has 3 N–H and O–H groups in total. The molecule has 0 amide bonds. The Balaban J connectivity index is 1.95. The van der Waals surface area contributed by atoms with E-state index >= 15 is 0 Å². The zero-order valence-electron chi connectivity index (χ0n) is 12.5. The summed E-state index contributed by atoms with van der Waals surface area (Å²) in [6.07, 6.45) is 0. The molecule has 0 fully saturated rings. The van der Waals surface area contributed by atoms with Gasteiger partial charge in [0.2, 0.25) is 10.0 Å². The van der Waals surface area contributed by atoms with E-state index in [1.807, 2.05) is 0 Å². The average molecular weight is 381 g/mol. The summed E-state index contributed by atoms with van der Waals surface area (Å²) in [6.45, 7) is 0.0846. The molecule has 7 heteroatoms. The van der Waals surface area contributed by atoms with Crippen LogP contribution in [0.3, 0.4) is 0 Å². The molecular formula is C17H14Cl2N2O2S. The van der Waals surface area contributed by atoms with E-state index in [-0.39, 0.29) is 11.4 Å². The molecule has 0 bridgehead atoms. The highest BCUT2D eigenvalue weighted by molar-refractivity contribution is 7.89. The fourth-order valence-corrected chi connectivity index (χ4v) is 4.32. The second-order valence-corrected chi connectivity index (χ2v) is 7.91. The van der Waals surface area contributed by atoms with Crippen molar-refractivity contribution < 1.29 is 8.42 Å². The number of sulfonamides is 1. The molecule has 3 rings (SSSR count). The minimum Gasteiger partial charge on any atom is -0.398 e. The van der Waals surface area contributed by atoms with Gasteiger partial charge in [-0.15, -0.1) is 0 Å². The molecule has 0 aliphatic carbocycles. The van der Waals surface area contributed by atoms with Gasteiger partial charge in [-0.1, -0.05) is 47.5 Å². The van der Waals surface area contributed by atoms with Crippen LogP contribution >= 0.6 is 23.2 Å². The highest BCUT2D eigenvalue weighted by Gasteiger charge is 2.17. The van der Waals surface area contributed by atoms with Crippen molar-refractivity contribution in [2.75, 3.05) is 5.73 Å². The monoisotopic (exact) mass is 380 g/mol. The summed E-state index contributed by atoms with van der Waals surface area (Å²) < 4.78 is 27.9. The van der Waals surface area contributed by atoms with Crippen molar-refractivity contribution in [2.24, 2.45) is 0 Å². The van der Waals surface area contributed by atoms with Crippen molar-refractivity contribution in [1.82, 2.24) is 4.72 Å². The SMILES string of the molecule is Nc1cccc2c(S(=O)(=O)NCc3cc(Cl)cc(Cl)c3)cccc12. The highest BCUT2D eigenvalue weighted by atomic mass is 35.5. The Bertz CT molecular complexity index is 1000. The van der Waals surface area contributed by atoms with Crippen molar-refractivity contribution >= 4 is 49.7 Å². The first-order valence-electron chi connectivity index (χ1n) is 7.09. The van der Waals surface area contributed by atoms with E-state index in [2.05, 4.69) is 4.72 Å². The van der Waals surface area contributed by atoms with Gasteiger partial charge in [-0.2, -0.15) is 0 Å². The maximum atomic E-state index is 12.7. The van der Waals surface area contributed by atoms with Gasteiger partial charge in [0.05, 0.1) is 4.90 Å². The van der Waals surface area contributed by atoms with Gasteiger partial charge >= 0.3 is 0 Å². The molecule has 4 nitrogen and oxygen atoms in total. The van der Waals surface area contributed by atoms with E-state index < -0.39 is 10.0 Å². The zero-order chi connectivity index (χ0) is 17.3. The minimum atomic E-state index is -3.72. The Morgan fingerprint density at radius 2 is 1.54 bits per heavy atom. The summed E-state index contributed by atoms with van der Waals surface area (Å²) in [4.78, 5) is 0.181. The normalized spacial score (nSPS) is 11.8. The molecule has 24 heavy (non-hydrogen) atoms. The largest absolute Gasteiger partial charge is 0.398 e. The number of nitrogen functional groups attached to an aromatic ring is 1. The lowest BCUT2D eigenvalue weighted by Crippen LogP contribution is -2.23. The van der Waals surface area contributed by atoms with Crippen LogP contribution in [0.4, 0.5) is 5.69 Å². The van der Waals surface area contributed by atoms with Crippen LogP contribution in [-0.2, 0) is 16.6 Å². The standard InChI is InChI=1S/C17H14Cl2N2O2S/c18-12-7-11(8-13(19)9-12)10-21-24(22,23)17-6-2-3-14-15(17)4-1-5-16(14)20/h1-9,21H,10,20H2. The zero-order valence-corrected chi connectivity index (χ0v) is 14.8. The molecule has 0 saturated heterocycles. The van der Waals surface area contributed by atoms with Gasteiger partial charge in [0.25, 0.3) is 0 Å². The third-order valence-electron chi connectivity index (χ3n) is 3.59. The number of rotatable bonds is 4. The number of halogens is 2. The summed E-state index contributed by atoms with van der Waals surface area (Å²) in [5, 5.41) is 2.18. The molecule has 0 atom stereocenters. The Hall–Kier alpha value is -1.79. The van der Waals surface area contributed by atoms with E-state index in [0.717, 1.165) is 0 Å². The number of nitrogens with one attached hydrogen (secondary N) is 1. The van der Waals surface area contributed by atoms with E-state index in [1.165, 1.54) is 0 Å². The first-order chi connectivity index (χ1) is 11.4. The van der Waals surface area contributed by atoms with Crippen molar-refractivity contribution in [3.8, 4) is 0 Å². The summed E-state index contributed by atoms with van der Waals surface area (Å²) in [6, 6.07) is 15.1. The second-order valence-electron chi connectivity index (χ2n) is 5.30. The molecule has 3 aromatic rings. The van der Waals surface area contributed by atoms with Gasteiger partial charge in [0, 0.05) is 33.0 Å². The predicted octanol–water partition coefficient (Wildman–Crippen LogP) is 4.21. The van der Waals surface area contributed by atoms with E-state index in [4.69, 9.17) is 28.9 Å². The van der Waals surface area contributed by atoms with Gasteiger partial charge in [-0.3, -0.25) is 0 Å². The van der Waals surface area contributed by atoms with E-state index in [0.29, 0.717) is 32.1 Å².